The summed E-state index contributed by atoms with van der Waals surface area (Å²) in [6.45, 7) is 4.49. The number of ether oxygens (including phenoxy) is 2. The van der Waals surface area contributed by atoms with Crippen LogP contribution in [0.4, 0.5) is 5.82 Å². The first kappa shape index (κ1) is 18.1. The second kappa shape index (κ2) is 7.38. The van der Waals surface area contributed by atoms with Crippen molar-refractivity contribution in [2.45, 2.75) is 32.8 Å². The van der Waals surface area contributed by atoms with E-state index in [1.54, 1.807) is 7.11 Å². The minimum atomic E-state index is -0.0671. The maximum atomic E-state index is 12.1. The third-order valence-electron chi connectivity index (χ3n) is 5.10. The number of fused-ring (bicyclic) bond motifs is 1. The van der Waals surface area contributed by atoms with E-state index in [0.717, 1.165) is 22.4 Å². The Bertz CT molecular complexity index is 1010. The topological polar surface area (TPSA) is 76.2 Å². The Kier molecular flexibility index (Phi) is 4.77. The molecule has 2 N–H and O–H groups in total. The number of carbonyl (C=O) groups excluding carboxylic acids is 1. The zero-order valence-corrected chi connectivity index (χ0v) is 16.2. The average Bonchev–Trinajstić information content (AvgIpc) is 3.07. The lowest BCUT2D eigenvalue weighted by Gasteiger charge is -2.23. The molecule has 1 aromatic heterocycles. The van der Waals surface area contributed by atoms with E-state index >= 15 is 0 Å². The van der Waals surface area contributed by atoms with Crippen LogP contribution in [0.5, 0.6) is 11.5 Å². The summed E-state index contributed by atoms with van der Waals surface area (Å²) in [7, 11) is 1.62. The summed E-state index contributed by atoms with van der Waals surface area (Å²) in [4.78, 5) is 12.1. The molecule has 1 aliphatic heterocycles. The summed E-state index contributed by atoms with van der Waals surface area (Å²) >= 11 is 0. The zero-order valence-electron chi connectivity index (χ0n) is 16.2. The smallest absolute Gasteiger partial charge is 0.226 e. The minimum absolute atomic E-state index is 0.0392. The molecule has 6 nitrogen and oxygen atoms in total. The minimum Gasteiger partial charge on any atom is -0.493 e. The van der Waals surface area contributed by atoms with Gasteiger partial charge in [-0.1, -0.05) is 35.9 Å². The van der Waals surface area contributed by atoms with Crippen LogP contribution in [0.15, 0.2) is 42.5 Å². The van der Waals surface area contributed by atoms with E-state index in [1.165, 1.54) is 5.56 Å². The van der Waals surface area contributed by atoms with Crippen LogP contribution in [-0.2, 0) is 11.4 Å². The molecular formula is C22H23N3O3. The van der Waals surface area contributed by atoms with Gasteiger partial charge in [-0.2, -0.15) is 5.10 Å². The van der Waals surface area contributed by atoms with Gasteiger partial charge in [-0.15, -0.1) is 0 Å². The standard InChI is InChI=1S/C22H23N3O3/c1-13-4-6-15(7-5-13)12-28-18-9-8-16(10-19(18)27-3)17-11-20(26)23-22-21(17)14(2)24-25-22/h4-10,17H,11-12H2,1-3H3,(H2,23,24,25,26)/t17-/m0/s1. The Morgan fingerprint density at radius 3 is 2.64 bits per heavy atom. The van der Waals surface area contributed by atoms with Gasteiger partial charge in [0.25, 0.3) is 0 Å². The summed E-state index contributed by atoms with van der Waals surface area (Å²) in [5.41, 5.74) is 5.30. The van der Waals surface area contributed by atoms with Crippen LogP contribution >= 0.6 is 0 Å². The molecule has 6 heteroatoms. The van der Waals surface area contributed by atoms with Crippen LogP contribution in [0.1, 0.15) is 40.3 Å². The van der Waals surface area contributed by atoms with Gasteiger partial charge >= 0.3 is 0 Å². The number of H-pyrrole nitrogens is 1. The first-order chi connectivity index (χ1) is 13.5. The van der Waals surface area contributed by atoms with E-state index < -0.39 is 0 Å². The van der Waals surface area contributed by atoms with Gasteiger partial charge < -0.3 is 14.8 Å². The molecule has 0 unspecified atom stereocenters. The molecule has 28 heavy (non-hydrogen) atoms. The van der Waals surface area contributed by atoms with Crippen molar-refractivity contribution in [3.8, 4) is 11.5 Å². The second-order valence-electron chi connectivity index (χ2n) is 7.10. The Morgan fingerprint density at radius 1 is 1.11 bits per heavy atom. The number of hydrogen-bond acceptors (Lipinski definition) is 4. The maximum absolute atomic E-state index is 12.1. The Balaban J connectivity index is 1.59. The highest BCUT2D eigenvalue weighted by Gasteiger charge is 2.30. The molecule has 2 heterocycles. The van der Waals surface area contributed by atoms with Crippen LogP contribution in [-0.4, -0.2) is 23.2 Å². The number of carbonyl (C=O) groups is 1. The van der Waals surface area contributed by atoms with Crippen molar-refractivity contribution in [3.05, 3.63) is 70.4 Å². The summed E-state index contributed by atoms with van der Waals surface area (Å²) in [5, 5.41) is 9.99. The maximum Gasteiger partial charge on any atom is 0.226 e. The molecule has 0 saturated carbocycles. The third kappa shape index (κ3) is 3.45. The number of anilines is 1. The number of hydrogen-bond donors (Lipinski definition) is 2. The summed E-state index contributed by atoms with van der Waals surface area (Å²) < 4.78 is 11.5. The van der Waals surface area contributed by atoms with Gasteiger partial charge in [0.15, 0.2) is 17.3 Å². The summed E-state index contributed by atoms with van der Waals surface area (Å²) in [6, 6.07) is 14.1. The van der Waals surface area contributed by atoms with E-state index in [9.17, 15) is 4.79 Å². The predicted octanol–water partition coefficient (Wildman–Crippen LogP) is 4.09. The number of nitrogens with zero attached hydrogens (tertiary/aromatic N) is 1. The molecule has 0 saturated heterocycles. The third-order valence-corrected chi connectivity index (χ3v) is 5.10. The molecule has 0 spiro atoms. The van der Waals surface area contributed by atoms with Crippen LogP contribution in [0.25, 0.3) is 0 Å². The van der Waals surface area contributed by atoms with Crippen LogP contribution in [0.3, 0.4) is 0 Å². The molecule has 144 valence electrons. The molecule has 1 atom stereocenters. The molecule has 2 aromatic carbocycles. The van der Waals surface area contributed by atoms with Crippen molar-refractivity contribution in [2.24, 2.45) is 0 Å². The van der Waals surface area contributed by atoms with Gasteiger partial charge in [-0.05, 0) is 37.1 Å². The molecule has 1 amide bonds. The monoisotopic (exact) mass is 377 g/mol. The molecule has 0 radical (unpaired) electrons. The van der Waals surface area contributed by atoms with E-state index in [-0.39, 0.29) is 11.8 Å². The fraction of sp³-hybridized carbons (Fsp3) is 0.273. The molecule has 3 aromatic rings. The number of methoxy groups -OCH3 is 1. The van der Waals surface area contributed by atoms with E-state index in [0.29, 0.717) is 30.3 Å². The van der Waals surface area contributed by atoms with E-state index in [2.05, 4.69) is 46.7 Å². The van der Waals surface area contributed by atoms with Crippen LogP contribution in [0.2, 0.25) is 0 Å². The Labute approximate surface area is 163 Å². The number of aromatic amines is 1. The van der Waals surface area contributed by atoms with Crippen molar-refractivity contribution < 1.29 is 14.3 Å². The lowest BCUT2D eigenvalue weighted by atomic mass is 9.85. The predicted molar refractivity (Wildman–Crippen MR) is 107 cm³/mol. The van der Waals surface area contributed by atoms with Crippen molar-refractivity contribution in [2.75, 3.05) is 12.4 Å². The van der Waals surface area contributed by atoms with Gasteiger partial charge in [0.2, 0.25) is 5.91 Å². The molecule has 0 fully saturated rings. The first-order valence-electron chi connectivity index (χ1n) is 9.26. The van der Waals surface area contributed by atoms with E-state index in [1.807, 2.05) is 25.1 Å². The lowest BCUT2D eigenvalue weighted by molar-refractivity contribution is -0.116. The molecule has 4 rings (SSSR count). The number of aryl methyl sites for hydroxylation is 2. The number of aromatic nitrogens is 2. The van der Waals surface area contributed by atoms with Crippen molar-refractivity contribution in [1.29, 1.82) is 0 Å². The molecule has 1 aliphatic rings. The fourth-order valence-electron chi connectivity index (χ4n) is 3.58. The van der Waals surface area contributed by atoms with Gasteiger partial charge in [0, 0.05) is 23.6 Å². The quantitative estimate of drug-likeness (QED) is 0.702. The van der Waals surface area contributed by atoms with Crippen LogP contribution < -0.4 is 14.8 Å². The lowest BCUT2D eigenvalue weighted by Crippen LogP contribution is -2.23. The van der Waals surface area contributed by atoms with Crippen LogP contribution in [0, 0.1) is 13.8 Å². The second-order valence-corrected chi connectivity index (χ2v) is 7.10. The zero-order chi connectivity index (χ0) is 19.7. The molecule has 0 bridgehead atoms. The van der Waals surface area contributed by atoms with Gasteiger partial charge in [-0.3, -0.25) is 9.89 Å². The number of rotatable bonds is 5. The summed E-state index contributed by atoms with van der Waals surface area (Å²) in [5.74, 6) is 1.83. The fourth-order valence-corrected chi connectivity index (χ4v) is 3.58. The molecular weight excluding hydrogens is 354 g/mol. The van der Waals surface area contributed by atoms with Gasteiger partial charge in [0.1, 0.15) is 6.61 Å². The Hall–Kier alpha value is -3.28. The normalized spacial score (nSPS) is 15.7. The number of amides is 1. The first-order valence-corrected chi connectivity index (χ1v) is 9.26. The van der Waals surface area contributed by atoms with Crippen molar-refractivity contribution in [3.63, 3.8) is 0 Å². The largest absolute Gasteiger partial charge is 0.493 e. The SMILES string of the molecule is COc1cc([C@@H]2CC(=O)Nc3n[nH]c(C)c32)ccc1OCc1ccc(C)cc1. The van der Waals surface area contributed by atoms with Crippen molar-refractivity contribution in [1.82, 2.24) is 10.2 Å². The highest BCUT2D eigenvalue weighted by Crippen LogP contribution is 2.40. The average molecular weight is 377 g/mol. The Morgan fingerprint density at radius 2 is 1.89 bits per heavy atom. The van der Waals surface area contributed by atoms with Gasteiger partial charge in [0.05, 0.1) is 7.11 Å². The van der Waals surface area contributed by atoms with Gasteiger partial charge in [-0.25, -0.2) is 0 Å². The highest BCUT2D eigenvalue weighted by molar-refractivity contribution is 5.94. The number of benzene rings is 2. The number of nitrogens with one attached hydrogen (secondary N) is 2. The van der Waals surface area contributed by atoms with E-state index in [4.69, 9.17) is 9.47 Å². The summed E-state index contributed by atoms with van der Waals surface area (Å²) in [6.07, 6.45) is 0.375. The van der Waals surface area contributed by atoms with Crippen molar-refractivity contribution >= 4 is 11.7 Å². The molecule has 0 aliphatic carbocycles. The highest BCUT2D eigenvalue weighted by atomic mass is 16.5.